The molecule has 0 fully saturated rings. The summed E-state index contributed by atoms with van der Waals surface area (Å²) >= 11 is 11.7. The highest BCUT2D eigenvalue weighted by atomic mass is 35.5. The predicted octanol–water partition coefficient (Wildman–Crippen LogP) is 2.99. The SMILES string of the molecule is Cc1ncoc1CNC(=O)COc1ccc(Cl)cc1Cl. The Labute approximate surface area is 125 Å². The maximum absolute atomic E-state index is 11.6. The van der Waals surface area contributed by atoms with Crippen LogP contribution in [0.3, 0.4) is 0 Å². The van der Waals surface area contributed by atoms with Crippen LogP contribution in [0.15, 0.2) is 29.0 Å². The first-order chi connectivity index (χ1) is 9.56. The van der Waals surface area contributed by atoms with Crippen molar-refractivity contribution in [1.82, 2.24) is 10.3 Å². The van der Waals surface area contributed by atoms with Gasteiger partial charge in [0, 0.05) is 5.02 Å². The lowest BCUT2D eigenvalue weighted by Gasteiger charge is -2.08. The van der Waals surface area contributed by atoms with Gasteiger partial charge in [0.15, 0.2) is 13.0 Å². The van der Waals surface area contributed by atoms with Crippen molar-refractivity contribution in [2.24, 2.45) is 0 Å². The minimum Gasteiger partial charge on any atom is -0.482 e. The van der Waals surface area contributed by atoms with Crippen LogP contribution in [0.4, 0.5) is 0 Å². The van der Waals surface area contributed by atoms with Crippen LogP contribution in [0.25, 0.3) is 0 Å². The molecule has 5 nitrogen and oxygen atoms in total. The van der Waals surface area contributed by atoms with E-state index in [4.69, 9.17) is 32.4 Å². The van der Waals surface area contributed by atoms with Crippen molar-refractivity contribution < 1.29 is 13.9 Å². The van der Waals surface area contributed by atoms with Crippen molar-refractivity contribution in [3.8, 4) is 5.75 Å². The van der Waals surface area contributed by atoms with E-state index in [1.165, 1.54) is 6.39 Å². The van der Waals surface area contributed by atoms with Crippen molar-refractivity contribution in [3.63, 3.8) is 0 Å². The minimum absolute atomic E-state index is 0.144. The summed E-state index contributed by atoms with van der Waals surface area (Å²) in [7, 11) is 0. The van der Waals surface area contributed by atoms with Gasteiger partial charge in [-0.3, -0.25) is 4.79 Å². The Hall–Kier alpha value is -1.72. The molecule has 0 aliphatic rings. The van der Waals surface area contributed by atoms with Crippen LogP contribution in [-0.4, -0.2) is 17.5 Å². The third-order valence-corrected chi connectivity index (χ3v) is 3.07. The average Bonchev–Trinajstić information content (AvgIpc) is 2.81. The summed E-state index contributed by atoms with van der Waals surface area (Å²) < 4.78 is 10.4. The third-order valence-electron chi connectivity index (χ3n) is 2.54. The van der Waals surface area contributed by atoms with Crippen LogP contribution in [0.1, 0.15) is 11.5 Å². The Morgan fingerprint density at radius 1 is 1.45 bits per heavy atom. The quantitative estimate of drug-likeness (QED) is 0.921. The molecular formula is C13H12Cl2N2O3. The number of hydrogen-bond donors (Lipinski definition) is 1. The fourth-order valence-corrected chi connectivity index (χ4v) is 1.92. The van der Waals surface area contributed by atoms with E-state index in [0.717, 1.165) is 5.69 Å². The van der Waals surface area contributed by atoms with E-state index in [1.807, 2.05) is 0 Å². The van der Waals surface area contributed by atoms with Crippen LogP contribution < -0.4 is 10.1 Å². The number of aromatic nitrogens is 1. The molecule has 0 radical (unpaired) electrons. The van der Waals surface area contributed by atoms with Crippen molar-refractivity contribution in [2.45, 2.75) is 13.5 Å². The zero-order valence-electron chi connectivity index (χ0n) is 10.7. The van der Waals surface area contributed by atoms with E-state index in [-0.39, 0.29) is 19.1 Å². The molecule has 106 valence electrons. The summed E-state index contributed by atoms with van der Waals surface area (Å²) in [5.74, 6) is 0.733. The molecule has 7 heteroatoms. The zero-order chi connectivity index (χ0) is 14.5. The summed E-state index contributed by atoms with van der Waals surface area (Å²) in [5.41, 5.74) is 0.743. The molecule has 0 atom stereocenters. The number of hydrogen-bond acceptors (Lipinski definition) is 4. The van der Waals surface area contributed by atoms with Gasteiger partial charge in [0.1, 0.15) is 11.5 Å². The monoisotopic (exact) mass is 314 g/mol. The first-order valence-corrected chi connectivity index (χ1v) is 6.55. The Morgan fingerprint density at radius 2 is 2.25 bits per heavy atom. The Morgan fingerprint density at radius 3 is 2.90 bits per heavy atom. The molecule has 1 amide bonds. The molecule has 1 aromatic carbocycles. The number of aryl methyl sites for hydroxylation is 1. The molecule has 1 heterocycles. The maximum Gasteiger partial charge on any atom is 0.258 e. The second kappa shape index (κ2) is 6.63. The van der Waals surface area contributed by atoms with Crippen molar-refractivity contribution in [2.75, 3.05) is 6.61 Å². The van der Waals surface area contributed by atoms with Gasteiger partial charge in [-0.1, -0.05) is 23.2 Å². The van der Waals surface area contributed by atoms with Crippen molar-refractivity contribution >= 4 is 29.1 Å². The highest BCUT2D eigenvalue weighted by Crippen LogP contribution is 2.27. The van der Waals surface area contributed by atoms with Gasteiger partial charge in [-0.15, -0.1) is 0 Å². The molecule has 0 saturated carbocycles. The number of carbonyl (C=O) groups is 1. The molecule has 0 unspecified atom stereocenters. The first kappa shape index (κ1) is 14.7. The standard InChI is InChI=1S/C13H12Cl2N2O3/c1-8-12(20-7-17-8)5-16-13(18)6-19-11-3-2-9(14)4-10(11)15/h2-4,7H,5-6H2,1H3,(H,16,18). The molecule has 0 aliphatic carbocycles. The number of oxazole rings is 1. The molecule has 0 aliphatic heterocycles. The highest BCUT2D eigenvalue weighted by Gasteiger charge is 2.08. The first-order valence-electron chi connectivity index (χ1n) is 5.80. The Balaban J connectivity index is 1.82. The van der Waals surface area contributed by atoms with E-state index >= 15 is 0 Å². The van der Waals surface area contributed by atoms with E-state index in [1.54, 1.807) is 25.1 Å². The number of rotatable bonds is 5. The summed E-state index contributed by atoms with van der Waals surface area (Å²) in [6, 6.07) is 4.80. The number of amides is 1. The number of nitrogens with zero attached hydrogens (tertiary/aromatic N) is 1. The smallest absolute Gasteiger partial charge is 0.258 e. The van der Waals surface area contributed by atoms with Gasteiger partial charge in [0.2, 0.25) is 0 Å². The van der Waals surface area contributed by atoms with E-state index in [2.05, 4.69) is 10.3 Å². The molecule has 1 aromatic heterocycles. The molecule has 0 bridgehead atoms. The second-order valence-corrected chi connectivity index (χ2v) is 4.84. The van der Waals surface area contributed by atoms with E-state index in [0.29, 0.717) is 21.6 Å². The molecule has 20 heavy (non-hydrogen) atoms. The number of benzene rings is 1. The van der Waals surface area contributed by atoms with Gasteiger partial charge in [-0.2, -0.15) is 0 Å². The van der Waals surface area contributed by atoms with Gasteiger partial charge in [-0.05, 0) is 25.1 Å². The fraction of sp³-hybridized carbons (Fsp3) is 0.231. The minimum atomic E-state index is -0.285. The van der Waals surface area contributed by atoms with Gasteiger partial charge >= 0.3 is 0 Å². The second-order valence-electron chi connectivity index (χ2n) is 4.00. The van der Waals surface area contributed by atoms with Crippen molar-refractivity contribution in [3.05, 3.63) is 46.1 Å². The summed E-state index contributed by atoms with van der Waals surface area (Å²) in [6.07, 6.45) is 1.33. The topological polar surface area (TPSA) is 64.4 Å². The average molecular weight is 315 g/mol. The molecule has 0 spiro atoms. The Kier molecular flexibility index (Phi) is 4.87. The summed E-state index contributed by atoms with van der Waals surface area (Å²) in [4.78, 5) is 15.6. The molecule has 0 saturated heterocycles. The summed E-state index contributed by atoms with van der Waals surface area (Å²) in [5, 5.41) is 3.52. The molecule has 2 rings (SSSR count). The van der Waals surface area contributed by atoms with Gasteiger partial charge < -0.3 is 14.5 Å². The molecule has 2 aromatic rings. The Bertz CT molecular complexity index is 613. The fourth-order valence-electron chi connectivity index (χ4n) is 1.46. The molecule has 1 N–H and O–H groups in total. The lowest BCUT2D eigenvalue weighted by atomic mass is 10.3. The number of halogens is 2. The maximum atomic E-state index is 11.6. The van der Waals surface area contributed by atoms with Crippen LogP contribution in [0.5, 0.6) is 5.75 Å². The van der Waals surface area contributed by atoms with Gasteiger partial charge in [0.05, 0.1) is 17.3 Å². The van der Waals surface area contributed by atoms with Crippen LogP contribution in [0.2, 0.25) is 10.0 Å². The lowest BCUT2D eigenvalue weighted by molar-refractivity contribution is -0.123. The van der Waals surface area contributed by atoms with E-state index < -0.39 is 0 Å². The third kappa shape index (κ3) is 3.88. The predicted molar refractivity (Wildman–Crippen MR) is 75.0 cm³/mol. The van der Waals surface area contributed by atoms with Crippen LogP contribution in [-0.2, 0) is 11.3 Å². The normalized spacial score (nSPS) is 10.3. The van der Waals surface area contributed by atoms with Crippen LogP contribution >= 0.6 is 23.2 Å². The highest BCUT2D eigenvalue weighted by molar-refractivity contribution is 6.35. The summed E-state index contributed by atoms with van der Waals surface area (Å²) in [6.45, 7) is 1.92. The van der Waals surface area contributed by atoms with Crippen LogP contribution in [0, 0.1) is 6.92 Å². The number of nitrogens with one attached hydrogen (secondary N) is 1. The number of ether oxygens (including phenoxy) is 1. The zero-order valence-corrected chi connectivity index (χ0v) is 12.2. The molecular weight excluding hydrogens is 303 g/mol. The van der Waals surface area contributed by atoms with Crippen molar-refractivity contribution in [1.29, 1.82) is 0 Å². The number of carbonyl (C=O) groups excluding carboxylic acids is 1. The van der Waals surface area contributed by atoms with E-state index in [9.17, 15) is 4.79 Å². The van der Waals surface area contributed by atoms with Gasteiger partial charge in [0.25, 0.3) is 5.91 Å². The van der Waals surface area contributed by atoms with Gasteiger partial charge in [-0.25, -0.2) is 4.98 Å². The lowest BCUT2D eigenvalue weighted by Crippen LogP contribution is -2.28. The largest absolute Gasteiger partial charge is 0.482 e.